The van der Waals surface area contributed by atoms with E-state index in [4.69, 9.17) is 18.0 Å². The summed E-state index contributed by atoms with van der Waals surface area (Å²) in [5.74, 6) is 0.0556. The Hall–Kier alpha value is -2.14. The Kier molecular flexibility index (Phi) is 4.43. The van der Waals surface area contributed by atoms with Crippen LogP contribution in [0.5, 0.6) is 0 Å². The van der Waals surface area contributed by atoms with Crippen LogP contribution in [0.4, 0.5) is 5.69 Å². The third-order valence-corrected chi connectivity index (χ3v) is 3.67. The molecule has 0 atom stereocenters. The van der Waals surface area contributed by atoms with Gasteiger partial charge in [0.05, 0.1) is 6.54 Å². The summed E-state index contributed by atoms with van der Waals surface area (Å²) in [5.41, 5.74) is 7.63. The standard InChI is InChI=1S/C16H19N3OS/c1-18(2)15(20)10-19(3)14-9-8-13(16(17)21)11-6-4-5-7-12(11)14/h4-9H,10H2,1-3H3,(H2,17,21). The summed E-state index contributed by atoms with van der Waals surface area (Å²) in [6.45, 7) is 0.323. The Bertz CT molecular complexity index is 697. The number of likely N-dealkylation sites (N-methyl/N-ethyl adjacent to an activating group) is 2. The Labute approximate surface area is 130 Å². The van der Waals surface area contributed by atoms with E-state index in [1.54, 1.807) is 19.0 Å². The average Bonchev–Trinajstić information content (AvgIpc) is 2.45. The van der Waals surface area contributed by atoms with E-state index in [-0.39, 0.29) is 5.91 Å². The van der Waals surface area contributed by atoms with E-state index < -0.39 is 0 Å². The van der Waals surface area contributed by atoms with Crippen LogP contribution in [0.3, 0.4) is 0 Å². The molecule has 0 saturated carbocycles. The molecule has 0 bridgehead atoms. The lowest BCUT2D eigenvalue weighted by atomic mass is 10.0. The van der Waals surface area contributed by atoms with Crippen LogP contribution in [0.25, 0.3) is 10.8 Å². The number of thiocarbonyl (C=S) groups is 1. The van der Waals surface area contributed by atoms with Crippen LogP contribution in [-0.2, 0) is 4.79 Å². The molecule has 0 heterocycles. The van der Waals surface area contributed by atoms with Gasteiger partial charge in [-0.05, 0) is 17.5 Å². The topological polar surface area (TPSA) is 49.6 Å². The molecule has 0 fully saturated rings. The van der Waals surface area contributed by atoms with Crippen molar-refractivity contribution >= 4 is 39.6 Å². The zero-order chi connectivity index (χ0) is 15.6. The van der Waals surface area contributed by atoms with Crippen LogP contribution in [0.2, 0.25) is 0 Å². The van der Waals surface area contributed by atoms with Crippen molar-refractivity contribution in [3.8, 4) is 0 Å². The van der Waals surface area contributed by atoms with Crippen LogP contribution in [0, 0.1) is 0 Å². The number of hydrogen-bond acceptors (Lipinski definition) is 3. The van der Waals surface area contributed by atoms with Crippen molar-refractivity contribution < 1.29 is 4.79 Å². The molecule has 0 unspecified atom stereocenters. The Balaban J connectivity index is 2.48. The Morgan fingerprint density at radius 2 is 1.71 bits per heavy atom. The molecule has 2 aromatic rings. The minimum absolute atomic E-state index is 0.0556. The molecule has 0 aliphatic heterocycles. The lowest BCUT2D eigenvalue weighted by Crippen LogP contribution is -2.34. The smallest absolute Gasteiger partial charge is 0.241 e. The number of rotatable bonds is 4. The number of carbonyl (C=O) groups is 1. The normalized spacial score (nSPS) is 10.4. The fourth-order valence-electron chi connectivity index (χ4n) is 2.26. The van der Waals surface area contributed by atoms with Crippen molar-refractivity contribution in [3.63, 3.8) is 0 Å². The first kappa shape index (κ1) is 15.3. The third kappa shape index (κ3) is 3.13. The summed E-state index contributed by atoms with van der Waals surface area (Å²) in [6, 6.07) is 11.8. The first-order valence-corrected chi connectivity index (χ1v) is 7.05. The maximum atomic E-state index is 11.9. The minimum Gasteiger partial charge on any atom is -0.389 e. The Morgan fingerprint density at radius 1 is 1.10 bits per heavy atom. The van der Waals surface area contributed by atoms with E-state index in [2.05, 4.69) is 0 Å². The van der Waals surface area contributed by atoms with Gasteiger partial charge in [0.15, 0.2) is 0 Å². The van der Waals surface area contributed by atoms with Crippen LogP contribution < -0.4 is 10.6 Å². The summed E-state index contributed by atoms with van der Waals surface area (Å²) in [5, 5.41) is 2.04. The van der Waals surface area contributed by atoms with Crippen molar-refractivity contribution in [1.82, 2.24) is 4.90 Å². The number of hydrogen-bond donors (Lipinski definition) is 1. The molecule has 0 aliphatic rings. The summed E-state index contributed by atoms with van der Waals surface area (Å²) in [6.07, 6.45) is 0. The van der Waals surface area contributed by atoms with E-state index in [0.29, 0.717) is 11.5 Å². The molecule has 110 valence electrons. The van der Waals surface area contributed by atoms with E-state index in [1.165, 1.54) is 0 Å². The van der Waals surface area contributed by atoms with Crippen LogP contribution in [0.15, 0.2) is 36.4 Å². The molecule has 21 heavy (non-hydrogen) atoms. The number of anilines is 1. The lowest BCUT2D eigenvalue weighted by molar-refractivity contribution is -0.127. The van der Waals surface area contributed by atoms with Crippen molar-refractivity contribution in [3.05, 3.63) is 42.0 Å². The van der Waals surface area contributed by atoms with Crippen molar-refractivity contribution in [2.75, 3.05) is 32.6 Å². The van der Waals surface area contributed by atoms with Crippen LogP contribution in [-0.4, -0.2) is 43.5 Å². The molecule has 2 aromatic carbocycles. The lowest BCUT2D eigenvalue weighted by Gasteiger charge is -2.23. The third-order valence-electron chi connectivity index (χ3n) is 3.45. The van der Waals surface area contributed by atoms with Gasteiger partial charge in [-0.3, -0.25) is 4.79 Å². The highest BCUT2D eigenvalue weighted by atomic mass is 32.1. The van der Waals surface area contributed by atoms with Gasteiger partial charge in [0.2, 0.25) is 5.91 Å². The van der Waals surface area contributed by atoms with Gasteiger partial charge >= 0.3 is 0 Å². The second-order valence-electron chi connectivity index (χ2n) is 5.19. The second-order valence-corrected chi connectivity index (χ2v) is 5.63. The Morgan fingerprint density at radius 3 is 2.29 bits per heavy atom. The average molecular weight is 301 g/mol. The molecule has 0 aliphatic carbocycles. The maximum Gasteiger partial charge on any atom is 0.241 e. The molecular weight excluding hydrogens is 282 g/mol. The highest BCUT2D eigenvalue weighted by Gasteiger charge is 2.13. The van der Waals surface area contributed by atoms with Crippen LogP contribution >= 0.6 is 12.2 Å². The fourth-order valence-corrected chi connectivity index (χ4v) is 2.44. The SMILES string of the molecule is CN(C)C(=O)CN(C)c1ccc(C(N)=S)c2ccccc12. The molecule has 0 radical (unpaired) electrons. The molecule has 5 heteroatoms. The highest BCUT2D eigenvalue weighted by molar-refractivity contribution is 7.80. The maximum absolute atomic E-state index is 11.9. The molecular formula is C16H19N3OS. The number of nitrogens with zero attached hydrogens (tertiary/aromatic N) is 2. The predicted octanol–water partition coefficient (Wildman–Crippen LogP) is 2.00. The van der Waals surface area contributed by atoms with E-state index in [9.17, 15) is 4.79 Å². The summed E-state index contributed by atoms with van der Waals surface area (Å²) in [4.78, 5) is 15.8. The summed E-state index contributed by atoms with van der Waals surface area (Å²) >= 11 is 5.11. The first-order chi connectivity index (χ1) is 9.91. The van der Waals surface area contributed by atoms with Gasteiger partial charge in [0, 0.05) is 37.8 Å². The molecule has 2 rings (SSSR count). The zero-order valence-corrected chi connectivity index (χ0v) is 13.3. The second kappa shape index (κ2) is 6.10. The molecule has 0 saturated heterocycles. The molecule has 4 nitrogen and oxygen atoms in total. The van der Waals surface area contributed by atoms with Gasteiger partial charge in [-0.2, -0.15) is 0 Å². The fraction of sp³-hybridized carbons (Fsp3) is 0.250. The number of carbonyl (C=O) groups excluding carboxylic acids is 1. The largest absolute Gasteiger partial charge is 0.389 e. The van der Waals surface area contributed by atoms with E-state index in [1.807, 2.05) is 48.3 Å². The monoisotopic (exact) mass is 301 g/mol. The van der Waals surface area contributed by atoms with Gasteiger partial charge < -0.3 is 15.5 Å². The van der Waals surface area contributed by atoms with Crippen molar-refractivity contribution in [2.24, 2.45) is 5.73 Å². The predicted molar refractivity (Wildman–Crippen MR) is 91.8 cm³/mol. The molecule has 1 amide bonds. The number of amides is 1. The van der Waals surface area contributed by atoms with Crippen molar-refractivity contribution in [2.45, 2.75) is 0 Å². The van der Waals surface area contributed by atoms with Gasteiger partial charge in [-0.25, -0.2) is 0 Å². The molecule has 0 spiro atoms. The van der Waals surface area contributed by atoms with Gasteiger partial charge in [0.25, 0.3) is 0 Å². The first-order valence-electron chi connectivity index (χ1n) is 6.64. The van der Waals surface area contributed by atoms with Crippen molar-refractivity contribution in [1.29, 1.82) is 0 Å². The molecule has 0 aromatic heterocycles. The zero-order valence-electron chi connectivity index (χ0n) is 12.5. The summed E-state index contributed by atoms with van der Waals surface area (Å²) in [7, 11) is 5.41. The quantitative estimate of drug-likeness (QED) is 0.878. The van der Waals surface area contributed by atoms with E-state index >= 15 is 0 Å². The minimum atomic E-state index is 0.0556. The molecule has 2 N–H and O–H groups in total. The number of fused-ring (bicyclic) bond motifs is 1. The highest BCUT2D eigenvalue weighted by Crippen LogP contribution is 2.29. The van der Waals surface area contributed by atoms with Gasteiger partial charge in [-0.1, -0.05) is 36.5 Å². The van der Waals surface area contributed by atoms with E-state index in [0.717, 1.165) is 22.0 Å². The number of nitrogens with two attached hydrogens (primary N) is 1. The number of benzene rings is 2. The van der Waals surface area contributed by atoms with Crippen LogP contribution in [0.1, 0.15) is 5.56 Å². The van der Waals surface area contributed by atoms with Gasteiger partial charge in [-0.15, -0.1) is 0 Å². The van der Waals surface area contributed by atoms with Gasteiger partial charge in [0.1, 0.15) is 4.99 Å². The summed E-state index contributed by atoms with van der Waals surface area (Å²) < 4.78 is 0.